The number of hydrogen-bond acceptors (Lipinski definition) is 5. The number of nitrogens with one attached hydrogen (secondary N) is 2. The molecule has 5 aromatic rings. The highest BCUT2D eigenvalue weighted by Crippen LogP contribution is 2.38. The second-order valence-electron chi connectivity index (χ2n) is 9.26. The molecule has 2 N–H and O–H groups in total. The van der Waals surface area contributed by atoms with Gasteiger partial charge in [-0.25, -0.2) is 10.2 Å². The molecule has 10 heteroatoms. The highest BCUT2D eigenvalue weighted by molar-refractivity contribution is 9.10. The van der Waals surface area contributed by atoms with E-state index in [1.165, 1.54) is 6.21 Å². The largest absolute Gasteiger partial charge is 0.422 e. The Labute approximate surface area is 258 Å². The lowest BCUT2D eigenvalue weighted by atomic mass is 10.0. The summed E-state index contributed by atoms with van der Waals surface area (Å²) in [5.41, 5.74) is 6.97. The van der Waals surface area contributed by atoms with Gasteiger partial charge < -0.3 is 14.6 Å². The minimum Gasteiger partial charge on any atom is -0.422 e. The lowest BCUT2D eigenvalue weighted by Gasteiger charge is -2.13. The zero-order chi connectivity index (χ0) is 29.1. The Balaban J connectivity index is 1.45. The average Bonchev–Trinajstić information content (AvgIpc) is 3.33. The number of benzene rings is 4. The van der Waals surface area contributed by atoms with Gasteiger partial charge in [-0.15, -0.1) is 0 Å². The van der Waals surface area contributed by atoms with Gasteiger partial charge in [-0.2, -0.15) is 5.10 Å². The molecule has 0 unspecified atom stereocenters. The van der Waals surface area contributed by atoms with Crippen molar-refractivity contribution in [3.63, 3.8) is 0 Å². The summed E-state index contributed by atoms with van der Waals surface area (Å²) in [6, 6.07) is 25.3. The number of carbonyl (C=O) groups excluding carboxylic acids is 2. The molecule has 0 fully saturated rings. The average molecular weight is 695 g/mol. The summed E-state index contributed by atoms with van der Waals surface area (Å²) < 4.78 is 7.23. The summed E-state index contributed by atoms with van der Waals surface area (Å²) >= 11 is 13.4. The normalized spacial score (nSPS) is 11.1. The molecule has 0 aliphatic carbocycles. The van der Waals surface area contributed by atoms with Crippen LogP contribution in [0.2, 0.25) is 5.02 Å². The zero-order valence-electron chi connectivity index (χ0n) is 21.9. The topological polar surface area (TPSA) is 86.8 Å². The minimum atomic E-state index is -0.516. The summed E-state index contributed by atoms with van der Waals surface area (Å²) in [7, 11) is 3.91. The monoisotopic (exact) mass is 692 g/mol. The minimum absolute atomic E-state index is 0.290. The molecule has 0 saturated heterocycles. The fraction of sp³-hybridized carbons (Fsp3) is 0.0645. The van der Waals surface area contributed by atoms with E-state index >= 15 is 0 Å². The molecule has 0 aliphatic rings. The molecule has 1 heterocycles. The van der Waals surface area contributed by atoms with Crippen LogP contribution in [0.3, 0.4) is 0 Å². The van der Waals surface area contributed by atoms with E-state index in [-0.39, 0.29) is 5.75 Å². The number of hydrogen-bond donors (Lipinski definition) is 2. The summed E-state index contributed by atoms with van der Waals surface area (Å²) in [5, 5.41) is 5.56. The number of aromatic amines is 1. The smallest absolute Gasteiger partial charge is 0.343 e. The third-order valence-corrected chi connectivity index (χ3v) is 7.64. The third kappa shape index (κ3) is 6.37. The number of nitrogens with zero attached hydrogens (tertiary/aromatic N) is 2. The van der Waals surface area contributed by atoms with Gasteiger partial charge in [0.1, 0.15) is 11.4 Å². The van der Waals surface area contributed by atoms with Crippen LogP contribution in [0.25, 0.3) is 22.0 Å². The van der Waals surface area contributed by atoms with Crippen molar-refractivity contribution in [3.05, 3.63) is 116 Å². The maximum Gasteiger partial charge on any atom is 0.343 e. The van der Waals surface area contributed by atoms with Crippen molar-refractivity contribution < 1.29 is 14.3 Å². The molecule has 1 amide bonds. The first-order valence-corrected chi connectivity index (χ1v) is 14.4. The Hall–Kier alpha value is -3.92. The molecular formula is C31H23Br2ClN4O3. The fourth-order valence-electron chi connectivity index (χ4n) is 4.25. The second kappa shape index (κ2) is 12.3. The van der Waals surface area contributed by atoms with Gasteiger partial charge in [0.05, 0.1) is 11.8 Å². The van der Waals surface area contributed by atoms with Crippen LogP contribution in [0.5, 0.6) is 5.75 Å². The molecular weight excluding hydrogens is 672 g/mol. The van der Waals surface area contributed by atoms with E-state index in [9.17, 15) is 9.59 Å². The van der Waals surface area contributed by atoms with Gasteiger partial charge in [0.2, 0.25) is 0 Å². The van der Waals surface area contributed by atoms with Crippen molar-refractivity contribution in [2.45, 2.75) is 0 Å². The van der Waals surface area contributed by atoms with Crippen molar-refractivity contribution in [2.75, 3.05) is 19.0 Å². The Morgan fingerprint density at radius 3 is 2.41 bits per heavy atom. The predicted octanol–water partition coefficient (Wildman–Crippen LogP) is 8.06. The molecule has 206 valence electrons. The molecule has 0 bridgehead atoms. The van der Waals surface area contributed by atoms with Gasteiger partial charge in [0.25, 0.3) is 5.91 Å². The fourth-order valence-corrected chi connectivity index (χ4v) is 5.12. The van der Waals surface area contributed by atoms with Crippen molar-refractivity contribution in [3.8, 4) is 16.9 Å². The number of hydrazone groups is 1. The Morgan fingerprint density at radius 2 is 1.68 bits per heavy atom. The van der Waals surface area contributed by atoms with Crippen LogP contribution in [0.15, 0.2) is 99.0 Å². The standard InChI is InChI=1S/C31H23Br2ClN4O3/c1-38(2)22-12-13-26-24(16-22)28(23-5-3-4-6-25(23)34)29(36-26)30(39)37-35-17-19-15-21(33)11-14-27(19)41-31(40)18-7-9-20(32)10-8-18/h3-17,36H,1-2H3,(H,37,39). The number of halogens is 3. The summed E-state index contributed by atoms with van der Waals surface area (Å²) in [4.78, 5) is 31.4. The van der Waals surface area contributed by atoms with Gasteiger partial charge in [0.15, 0.2) is 0 Å². The lowest BCUT2D eigenvalue weighted by Crippen LogP contribution is -2.19. The summed E-state index contributed by atoms with van der Waals surface area (Å²) in [6.45, 7) is 0. The van der Waals surface area contributed by atoms with Crippen molar-refractivity contribution in [1.29, 1.82) is 0 Å². The van der Waals surface area contributed by atoms with E-state index in [0.29, 0.717) is 27.4 Å². The molecule has 0 radical (unpaired) electrons. The quantitative estimate of drug-likeness (QED) is 0.0782. The number of esters is 1. The van der Waals surface area contributed by atoms with Crippen LogP contribution in [0.1, 0.15) is 26.4 Å². The van der Waals surface area contributed by atoms with E-state index in [2.05, 4.69) is 47.4 Å². The number of fused-ring (bicyclic) bond motifs is 1. The van der Waals surface area contributed by atoms with E-state index in [4.69, 9.17) is 16.3 Å². The molecule has 0 aliphatic heterocycles. The molecule has 1 aromatic heterocycles. The maximum absolute atomic E-state index is 13.5. The van der Waals surface area contributed by atoms with Crippen LogP contribution in [-0.4, -0.2) is 37.2 Å². The maximum atomic E-state index is 13.5. The van der Waals surface area contributed by atoms with Gasteiger partial charge in [-0.3, -0.25) is 4.79 Å². The number of anilines is 1. The first-order chi connectivity index (χ1) is 19.7. The molecule has 0 spiro atoms. The summed E-state index contributed by atoms with van der Waals surface area (Å²) in [6.07, 6.45) is 1.43. The third-order valence-electron chi connectivity index (χ3n) is 6.29. The molecule has 41 heavy (non-hydrogen) atoms. The molecule has 5 rings (SSSR count). The van der Waals surface area contributed by atoms with E-state index < -0.39 is 11.9 Å². The van der Waals surface area contributed by atoms with Gasteiger partial charge >= 0.3 is 5.97 Å². The van der Waals surface area contributed by atoms with Crippen molar-refractivity contribution in [2.24, 2.45) is 5.10 Å². The van der Waals surface area contributed by atoms with Crippen molar-refractivity contribution >= 4 is 78.1 Å². The zero-order valence-corrected chi connectivity index (χ0v) is 25.8. The van der Waals surface area contributed by atoms with Crippen molar-refractivity contribution in [1.82, 2.24) is 10.4 Å². The highest BCUT2D eigenvalue weighted by atomic mass is 79.9. The molecule has 7 nitrogen and oxygen atoms in total. The van der Waals surface area contributed by atoms with Crippen LogP contribution >= 0.6 is 43.5 Å². The molecule has 0 saturated carbocycles. The van der Waals surface area contributed by atoms with E-state index in [1.807, 2.05) is 55.4 Å². The van der Waals surface area contributed by atoms with Crippen LogP contribution < -0.4 is 15.1 Å². The van der Waals surface area contributed by atoms with Gasteiger partial charge in [-0.1, -0.05) is 61.7 Å². The number of carbonyl (C=O) groups is 2. The number of ether oxygens (including phenoxy) is 1. The van der Waals surface area contributed by atoms with Crippen LogP contribution in [0.4, 0.5) is 5.69 Å². The number of aromatic nitrogens is 1. The second-order valence-corrected chi connectivity index (χ2v) is 11.5. The number of rotatable bonds is 7. The lowest BCUT2D eigenvalue weighted by molar-refractivity contribution is 0.0734. The van der Waals surface area contributed by atoms with Gasteiger partial charge in [-0.05, 0) is 66.7 Å². The Kier molecular flexibility index (Phi) is 8.58. The summed E-state index contributed by atoms with van der Waals surface area (Å²) in [5.74, 6) is -0.682. The molecule has 4 aromatic carbocycles. The van der Waals surface area contributed by atoms with Crippen LogP contribution in [0, 0.1) is 0 Å². The first kappa shape index (κ1) is 28.6. The van der Waals surface area contributed by atoms with E-state index in [0.717, 1.165) is 31.1 Å². The number of H-pyrrole nitrogens is 1. The van der Waals surface area contributed by atoms with Crippen LogP contribution in [-0.2, 0) is 0 Å². The number of amides is 1. The SMILES string of the molecule is CN(C)c1ccc2[nH]c(C(=O)NN=Cc3cc(Br)ccc3OC(=O)c3ccc(Br)cc3)c(-c3ccccc3Cl)c2c1. The van der Waals surface area contributed by atoms with E-state index in [1.54, 1.807) is 48.5 Å². The Morgan fingerprint density at radius 1 is 0.951 bits per heavy atom. The highest BCUT2D eigenvalue weighted by Gasteiger charge is 2.21. The first-order valence-electron chi connectivity index (χ1n) is 12.4. The predicted molar refractivity (Wildman–Crippen MR) is 171 cm³/mol. The van der Waals surface area contributed by atoms with Gasteiger partial charge in [0, 0.05) is 61.3 Å². The Bertz CT molecular complexity index is 1800. The molecule has 0 atom stereocenters.